The van der Waals surface area contributed by atoms with Gasteiger partial charge in [0.05, 0.1) is 4.92 Å². The van der Waals surface area contributed by atoms with Crippen LogP contribution in [0.15, 0.2) is 71.9 Å². The van der Waals surface area contributed by atoms with E-state index < -0.39 is 4.92 Å². The van der Waals surface area contributed by atoms with Crippen LogP contribution < -0.4 is 5.84 Å². The number of hydrogen-bond acceptors (Lipinski definition) is 6. The molecule has 0 spiro atoms. The first-order valence-electron chi connectivity index (χ1n) is 9.10. The highest BCUT2D eigenvalue weighted by molar-refractivity contribution is 7.99. The van der Waals surface area contributed by atoms with Gasteiger partial charge < -0.3 is 5.84 Å². The van der Waals surface area contributed by atoms with E-state index >= 15 is 0 Å². The van der Waals surface area contributed by atoms with Crippen LogP contribution >= 0.6 is 11.8 Å². The predicted octanol–water partition coefficient (Wildman–Crippen LogP) is 4.50. The molecule has 0 radical (unpaired) electrons. The van der Waals surface area contributed by atoms with E-state index in [0.29, 0.717) is 17.4 Å². The van der Waals surface area contributed by atoms with Crippen LogP contribution in [0.1, 0.15) is 29.1 Å². The number of aromatic nitrogens is 3. The minimum Gasteiger partial charge on any atom is -0.336 e. The van der Waals surface area contributed by atoms with Gasteiger partial charge in [0, 0.05) is 23.8 Å². The number of fused-ring (bicyclic) bond motifs is 1. The molecule has 7 nitrogen and oxygen atoms in total. The molecular formula is C21H19N5O2S. The van der Waals surface area contributed by atoms with Crippen molar-refractivity contribution in [2.24, 2.45) is 0 Å². The van der Waals surface area contributed by atoms with Crippen LogP contribution in [0, 0.1) is 10.1 Å². The number of benzene rings is 3. The van der Waals surface area contributed by atoms with Gasteiger partial charge in [-0.15, -0.1) is 10.2 Å². The quantitative estimate of drug-likeness (QED) is 0.219. The second-order valence-electron chi connectivity index (χ2n) is 6.70. The van der Waals surface area contributed by atoms with Crippen LogP contribution in [-0.2, 0) is 6.42 Å². The van der Waals surface area contributed by atoms with E-state index in [0.717, 1.165) is 16.5 Å². The van der Waals surface area contributed by atoms with Gasteiger partial charge in [0.15, 0.2) is 5.82 Å². The summed E-state index contributed by atoms with van der Waals surface area (Å²) in [6.45, 7) is 1.96. The van der Waals surface area contributed by atoms with Crippen molar-refractivity contribution in [1.29, 1.82) is 0 Å². The zero-order chi connectivity index (χ0) is 20.4. The summed E-state index contributed by atoms with van der Waals surface area (Å²) in [5.74, 6) is 6.92. The highest BCUT2D eigenvalue weighted by Gasteiger charge is 2.17. The summed E-state index contributed by atoms with van der Waals surface area (Å²) in [7, 11) is 0. The van der Waals surface area contributed by atoms with E-state index in [1.807, 2.05) is 31.2 Å². The van der Waals surface area contributed by atoms with Crippen molar-refractivity contribution in [3.8, 4) is 0 Å². The monoisotopic (exact) mass is 405 g/mol. The van der Waals surface area contributed by atoms with Crippen molar-refractivity contribution in [1.82, 2.24) is 14.9 Å². The number of nitro groups is 1. The smallest absolute Gasteiger partial charge is 0.269 e. The highest BCUT2D eigenvalue weighted by Crippen LogP contribution is 2.34. The lowest BCUT2D eigenvalue weighted by Gasteiger charge is -2.11. The Bertz CT molecular complexity index is 1190. The second-order valence-corrected chi connectivity index (χ2v) is 8.00. The Morgan fingerprint density at radius 1 is 1.10 bits per heavy atom. The fourth-order valence-electron chi connectivity index (χ4n) is 3.24. The Labute approximate surface area is 171 Å². The Morgan fingerprint density at radius 3 is 2.69 bits per heavy atom. The average molecular weight is 405 g/mol. The summed E-state index contributed by atoms with van der Waals surface area (Å²) in [4.78, 5) is 10.6. The van der Waals surface area contributed by atoms with Gasteiger partial charge >= 0.3 is 0 Å². The van der Waals surface area contributed by atoms with Crippen LogP contribution in [0.5, 0.6) is 0 Å². The molecule has 4 aromatic rings. The van der Waals surface area contributed by atoms with Crippen LogP contribution in [0.25, 0.3) is 10.8 Å². The molecule has 1 heterocycles. The average Bonchev–Trinajstić information content (AvgIpc) is 3.07. The number of nitrogen functional groups attached to an aromatic ring is 1. The summed E-state index contributed by atoms with van der Waals surface area (Å²) in [5.41, 5.74) is 2.04. The summed E-state index contributed by atoms with van der Waals surface area (Å²) in [6, 6.07) is 21.0. The van der Waals surface area contributed by atoms with Gasteiger partial charge in [-0.25, -0.2) is 4.68 Å². The van der Waals surface area contributed by atoms with E-state index in [2.05, 4.69) is 34.5 Å². The molecule has 146 valence electrons. The maximum atomic E-state index is 11.0. The molecule has 0 bridgehead atoms. The predicted molar refractivity (Wildman–Crippen MR) is 114 cm³/mol. The maximum absolute atomic E-state index is 11.0. The van der Waals surface area contributed by atoms with Gasteiger partial charge in [0.2, 0.25) is 5.16 Å². The van der Waals surface area contributed by atoms with Crippen molar-refractivity contribution in [3.63, 3.8) is 0 Å². The largest absolute Gasteiger partial charge is 0.336 e. The molecule has 0 amide bonds. The summed E-state index contributed by atoms with van der Waals surface area (Å²) >= 11 is 1.42. The lowest BCUT2D eigenvalue weighted by molar-refractivity contribution is -0.384. The van der Waals surface area contributed by atoms with Crippen molar-refractivity contribution in [2.45, 2.75) is 23.8 Å². The normalized spacial score (nSPS) is 12.2. The van der Waals surface area contributed by atoms with Crippen LogP contribution in [0.3, 0.4) is 0 Å². The van der Waals surface area contributed by atoms with E-state index in [-0.39, 0.29) is 10.9 Å². The summed E-state index contributed by atoms with van der Waals surface area (Å²) < 4.78 is 1.50. The molecule has 4 rings (SSSR count). The number of thioether (sulfide) groups is 1. The van der Waals surface area contributed by atoms with Crippen molar-refractivity contribution < 1.29 is 4.92 Å². The molecule has 8 heteroatoms. The minimum atomic E-state index is -0.394. The molecule has 1 aromatic heterocycles. The summed E-state index contributed by atoms with van der Waals surface area (Å²) in [6.07, 6.45) is 0.566. The van der Waals surface area contributed by atoms with E-state index in [9.17, 15) is 10.1 Å². The number of rotatable bonds is 6. The molecule has 1 atom stereocenters. The third kappa shape index (κ3) is 3.93. The first-order valence-corrected chi connectivity index (χ1v) is 9.98. The molecule has 29 heavy (non-hydrogen) atoms. The first-order chi connectivity index (χ1) is 14.0. The van der Waals surface area contributed by atoms with Gasteiger partial charge in [-0.1, -0.05) is 66.4 Å². The third-order valence-electron chi connectivity index (χ3n) is 4.80. The molecule has 0 unspecified atom stereocenters. The van der Waals surface area contributed by atoms with Crippen LogP contribution in [0.2, 0.25) is 0 Å². The Morgan fingerprint density at radius 2 is 1.86 bits per heavy atom. The number of nitrogens with two attached hydrogens (primary N) is 1. The molecule has 3 aromatic carbocycles. The topological polar surface area (TPSA) is 99.9 Å². The summed E-state index contributed by atoms with van der Waals surface area (Å²) in [5, 5.41) is 22.3. The van der Waals surface area contributed by atoms with E-state index in [4.69, 9.17) is 5.84 Å². The zero-order valence-corrected chi connectivity index (χ0v) is 16.5. The van der Waals surface area contributed by atoms with Gasteiger partial charge in [0.25, 0.3) is 5.69 Å². The Balaban J connectivity index is 1.56. The zero-order valence-electron chi connectivity index (χ0n) is 15.7. The molecule has 0 saturated heterocycles. The van der Waals surface area contributed by atoms with Gasteiger partial charge in [-0.2, -0.15) is 0 Å². The maximum Gasteiger partial charge on any atom is 0.269 e. The van der Waals surface area contributed by atoms with Gasteiger partial charge in [0.1, 0.15) is 0 Å². The number of hydrogen-bond donors (Lipinski definition) is 1. The number of nitro benzene ring substituents is 1. The highest BCUT2D eigenvalue weighted by atomic mass is 32.2. The molecule has 0 fully saturated rings. The fourth-order valence-corrected chi connectivity index (χ4v) is 4.15. The molecular weight excluding hydrogens is 386 g/mol. The molecule has 0 aliphatic carbocycles. The lowest BCUT2D eigenvalue weighted by atomic mass is 10.0. The fraction of sp³-hybridized carbons (Fsp3) is 0.143. The lowest BCUT2D eigenvalue weighted by Crippen LogP contribution is -2.14. The van der Waals surface area contributed by atoms with Crippen molar-refractivity contribution in [2.75, 3.05) is 5.84 Å². The van der Waals surface area contributed by atoms with Crippen LogP contribution in [-0.4, -0.2) is 19.8 Å². The SMILES string of the molecule is C[C@@H](Sc1nnc(Cc2cccc3ccccc23)n1N)c1cccc([N+](=O)[O-])c1. The third-order valence-corrected chi connectivity index (χ3v) is 5.91. The first kappa shape index (κ1) is 18.9. The standard InChI is InChI=1S/C21H19N5O2S/c1-14(16-8-5-10-18(12-16)26(27)28)29-21-24-23-20(25(21)22)13-17-9-4-7-15-6-2-3-11-19(15)17/h2-12,14H,13,22H2,1H3/t14-/m1/s1. The van der Waals surface area contributed by atoms with E-state index in [1.54, 1.807) is 12.1 Å². The second kappa shape index (κ2) is 7.92. The van der Waals surface area contributed by atoms with Gasteiger partial charge in [-0.3, -0.25) is 10.1 Å². The molecule has 2 N–H and O–H groups in total. The minimum absolute atomic E-state index is 0.0631. The Kier molecular flexibility index (Phi) is 5.18. The number of nitrogens with zero attached hydrogens (tertiary/aromatic N) is 4. The van der Waals surface area contributed by atoms with Crippen molar-refractivity contribution in [3.05, 3.63) is 93.8 Å². The van der Waals surface area contributed by atoms with E-state index in [1.165, 1.54) is 27.9 Å². The Hall–Kier alpha value is -3.39. The molecule has 0 saturated carbocycles. The van der Waals surface area contributed by atoms with Crippen LogP contribution in [0.4, 0.5) is 5.69 Å². The molecule has 0 aliphatic heterocycles. The van der Waals surface area contributed by atoms with Crippen molar-refractivity contribution >= 4 is 28.2 Å². The number of non-ortho nitro benzene ring substituents is 1. The van der Waals surface area contributed by atoms with Gasteiger partial charge in [-0.05, 0) is 28.8 Å². The molecule has 0 aliphatic rings.